The molecule has 3 aliphatic carbocycles. The van der Waals surface area contributed by atoms with E-state index in [1.54, 1.807) is 0 Å². The Labute approximate surface area is 349 Å². The second kappa shape index (κ2) is 12.8. The molecule has 1 nitrogen and oxygen atoms in total. The first-order valence-corrected chi connectivity index (χ1v) is 21.2. The summed E-state index contributed by atoms with van der Waals surface area (Å²) in [4.78, 5) is 2.49. The molecule has 8 aromatic carbocycles. The summed E-state index contributed by atoms with van der Waals surface area (Å²) in [6.07, 6.45) is 0.942. The van der Waals surface area contributed by atoms with Crippen molar-refractivity contribution in [2.24, 2.45) is 0 Å². The van der Waals surface area contributed by atoms with Gasteiger partial charge in [0.25, 0.3) is 0 Å². The topological polar surface area (TPSA) is 3.24 Å². The fourth-order valence-electron chi connectivity index (χ4n) is 11.5. The van der Waals surface area contributed by atoms with Gasteiger partial charge in [-0.2, -0.15) is 0 Å². The zero-order valence-corrected chi connectivity index (χ0v) is 34.6. The molecule has 0 saturated heterocycles. The molecule has 0 saturated carbocycles. The van der Waals surface area contributed by atoms with E-state index in [4.69, 9.17) is 0 Å². The SMILES string of the molecule is CC1(C)c2ccccc2-c2ccc(N(c3ccc(C4(C)CC(c5ccccc5)(c5ccccc5)c5ccccc54)cc3)c3ccc4c(c3)C(C)(C)c3ccccc3-4)cc21. The molecule has 0 aromatic heterocycles. The van der Waals surface area contributed by atoms with E-state index in [-0.39, 0.29) is 21.7 Å². The first-order valence-electron chi connectivity index (χ1n) is 21.2. The van der Waals surface area contributed by atoms with Gasteiger partial charge >= 0.3 is 0 Å². The quantitative estimate of drug-likeness (QED) is 0.163. The highest BCUT2D eigenvalue weighted by molar-refractivity contribution is 5.88. The Morgan fingerprint density at radius 3 is 1.20 bits per heavy atom. The van der Waals surface area contributed by atoms with Crippen LogP contribution in [-0.4, -0.2) is 0 Å². The highest BCUT2D eigenvalue weighted by Crippen LogP contribution is 2.59. The second-order valence-electron chi connectivity index (χ2n) is 18.4. The second-order valence-corrected chi connectivity index (χ2v) is 18.4. The van der Waals surface area contributed by atoms with Gasteiger partial charge in [-0.3, -0.25) is 0 Å². The molecule has 1 heteroatoms. The Kier molecular flexibility index (Phi) is 7.73. The Bertz CT molecular complexity index is 2770. The molecule has 0 amide bonds. The highest BCUT2D eigenvalue weighted by atomic mass is 15.1. The van der Waals surface area contributed by atoms with Crippen LogP contribution < -0.4 is 4.90 Å². The summed E-state index contributed by atoms with van der Waals surface area (Å²) in [5.41, 5.74) is 20.5. The third-order valence-corrected chi connectivity index (χ3v) is 14.5. The van der Waals surface area contributed by atoms with Crippen LogP contribution in [0.4, 0.5) is 17.1 Å². The van der Waals surface area contributed by atoms with Gasteiger partial charge in [0.2, 0.25) is 0 Å². The highest BCUT2D eigenvalue weighted by Gasteiger charge is 2.52. The summed E-state index contributed by atoms with van der Waals surface area (Å²) in [7, 11) is 0. The smallest absolute Gasteiger partial charge is 0.0466 e. The summed E-state index contributed by atoms with van der Waals surface area (Å²) >= 11 is 0. The number of rotatable bonds is 6. The van der Waals surface area contributed by atoms with Crippen LogP contribution in [-0.2, 0) is 21.7 Å². The fraction of sp³-hybridized carbons (Fsp3) is 0.172. The Morgan fingerprint density at radius 2 is 0.712 bits per heavy atom. The largest absolute Gasteiger partial charge is 0.310 e. The minimum absolute atomic E-state index is 0.104. The minimum atomic E-state index is -0.276. The van der Waals surface area contributed by atoms with E-state index in [9.17, 15) is 0 Å². The Hall–Kier alpha value is -6.44. The lowest BCUT2D eigenvalue weighted by Gasteiger charge is -2.35. The van der Waals surface area contributed by atoms with Gasteiger partial charge in [-0.05, 0) is 115 Å². The third-order valence-electron chi connectivity index (χ3n) is 14.5. The zero-order valence-electron chi connectivity index (χ0n) is 34.6. The molecule has 8 aromatic rings. The monoisotopic (exact) mass is 759 g/mol. The van der Waals surface area contributed by atoms with E-state index >= 15 is 0 Å². The van der Waals surface area contributed by atoms with Gasteiger partial charge in [0, 0.05) is 38.7 Å². The standard InChI is InChI=1S/C58H49N/c1-55(2)49-24-14-12-22-45(49)47-34-32-43(36-53(47)55)59(44-33-35-48-46-23-13-15-25-50(46)56(3,4)54(48)37-44)42-30-28-39(29-31-42)57(5)38-58(40-18-8-6-9-19-40,41-20-10-7-11-21-41)52-27-17-16-26-51(52)57/h6-37H,38H2,1-5H3. The van der Waals surface area contributed by atoms with E-state index in [2.05, 4.69) is 234 Å². The van der Waals surface area contributed by atoms with Crippen LogP contribution in [0.3, 0.4) is 0 Å². The molecule has 286 valence electrons. The average Bonchev–Trinajstić information content (AvgIpc) is 3.79. The predicted molar refractivity (Wildman–Crippen MR) is 247 cm³/mol. The summed E-state index contributed by atoms with van der Waals surface area (Å²) < 4.78 is 0. The number of fused-ring (bicyclic) bond motifs is 7. The molecule has 0 bridgehead atoms. The van der Waals surface area contributed by atoms with Crippen molar-refractivity contribution in [3.63, 3.8) is 0 Å². The molecule has 1 atom stereocenters. The molecule has 0 radical (unpaired) electrons. The van der Waals surface area contributed by atoms with Gasteiger partial charge in [0.05, 0.1) is 0 Å². The lowest BCUT2D eigenvalue weighted by Crippen LogP contribution is -2.30. The molecule has 0 spiro atoms. The van der Waals surface area contributed by atoms with E-state index in [1.165, 1.54) is 83.7 Å². The van der Waals surface area contributed by atoms with Crippen LogP contribution in [0.15, 0.2) is 194 Å². The maximum Gasteiger partial charge on any atom is 0.0466 e. The Balaban J connectivity index is 1.06. The minimum Gasteiger partial charge on any atom is -0.310 e. The number of hydrogen-bond acceptors (Lipinski definition) is 1. The van der Waals surface area contributed by atoms with E-state index in [0.717, 1.165) is 12.1 Å². The predicted octanol–water partition coefficient (Wildman–Crippen LogP) is 14.8. The number of benzene rings is 8. The molecule has 59 heavy (non-hydrogen) atoms. The molecular formula is C58H49N. The van der Waals surface area contributed by atoms with Gasteiger partial charge in [-0.25, -0.2) is 0 Å². The van der Waals surface area contributed by atoms with Crippen molar-refractivity contribution in [1.29, 1.82) is 0 Å². The van der Waals surface area contributed by atoms with Crippen LogP contribution in [0.1, 0.15) is 91.1 Å². The van der Waals surface area contributed by atoms with Crippen LogP contribution >= 0.6 is 0 Å². The van der Waals surface area contributed by atoms with Crippen molar-refractivity contribution in [3.8, 4) is 22.3 Å². The van der Waals surface area contributed by atoms with Crippen LogP contribution in [0.2, 0.25) is 0 Å². The average molecular weight is 760 g/mol. The van der Waals surface area contributed by atoms with Crippen molar-refractivity contribution in [3.05, 3.63) is 244 Å². The molecule has 0 N–H and O–H groups in total. The first kappa shape index (κ1) is 35.7. The van der Waals surface area contributed by atoms with E-state index in [0.29, 0.717) is 0 Å². The molecule has 1 unspecified atom stereocenters. The lowest BCUT2D eigenvalue weighted by molar-refractivity contribution is 0.473. The number of hydrogen-bond donors (Lipinski definition) is 0. The number of anilines is 3. The maximum absolute atomic E-state index is 2.49. The van der Waals surface area contributed by atoms with Gasteiger partial charge in [0.1, 0.15) is 0 Å². The van der Waals surface area contributed by atoms with Gasteiger partial charge in [0.15, 0.2) is 0 Å². The number of nitrogens with zero attached hydrogens (tertiary/aromatic N) is 1. The van der Waals surface area contributed by atoms with E-state index in [1.807, 2.05) is 0 Å². The van der Waals surface area contributed by atoms with Crippen molar-refractivity contribution in [2.45, 2.75) is 62.7 Å². The summed E-state index contributed by atoms with van der Waals surface area (Å²) in [5, 5.41) is 0. The first-order chi connectivity index (χ1) is 28.6. The van der Waals surface area contributed by atoms with Gasteiger partial charge in [-0.15, -0.1) is 0 Å². The molecule has 11 rings (SSSR count). The molecule has 0 aliphatic heterocycles. The Morgan fingerprint density at radius 1 is 0.322 bits per heavy atom. The lowest BCUT2D eigenvalue weighted by atomic mass is 9.67. The van der Waals surface area contributed by atoms with Crippen LogP contribution in [0.25, 0.3) is 22.3 Å². The zero-order chi connectivity index (χ0) is 40.1. The van der Waals surface area contributed by atoms with Crippen molar-refractivity contribution < 1.29 is 0 Å². The van der Waals surface area contributed by atoms with Crippen molar-refractivity contribution in [1.82, 2.24) is 0 Å². The summed E-state index contributed by atoms with van der Waals surface area (Å²) in [5.74, 6) is 0. The van der Waals surface area contributed by atoms with Crippen LogP contribution in [0.5, 0.6) is 0 Å². The normalized spacial score (nSPS) is 18.3. The van der Waals surface area contributed by atoms with Crippen molar-refractivity contribution in [2.75, 3.05) is 4.90 Å². The summed E-state index contributed by atoms with van der Waals surface area (Å²) in [6, 6.07) is 73.2. The third kappa shape index (κ3) is 5.04. The molecule has 3 aliphatic rings. The van der Waals surface area contributed by atoms with Crippen LogP contribution in [0, 0.1) is 0 Å². The molecule has 0 heterocycles. The van der Waals surface area contributed by atoms with E-state index < -0.39 is 0 Å². The maximum atomic E-state index is 2.49. The molecular weight excluding hydrogens is 711 g/mol. The fourth-order valence-corrected chi connectivity index (χ4v) is 11.5. The van der Waals surface area contributed by atoms with Gasteiger partial charge in [-0.1, -0.05) is 192 Å². The van der Waals surface area contributed by atoms with Gasteiger partial charge < -0.3 is 4.90 Å². The van der Waals surface area contributed by atoms with Crippen molar-refractivity contribution >= 4 is 17.1 Å². The molecule has 0 fully saturated rings. The summed E-state index contributed by atoms with van der Waals surface area (Å²) in [6.45, 7) is 12.0.